The molecule has 0 aliphatic heterocycles. The van der Waals surface area contributed by atoms with Crippen molar-refractivity contribution in [1.82, 2.24) is 5.43 Å². The van der Waals surface area contributed by atoms with Gasteiger partial charge in [-0.3, -0.25) is 11.3 Å². The zero-order valence-corrected chi connectivity index (χ0v) is 9.30. The zero-order valence-electron chi connectivity index (χ0n) is 8.54. The molecule has 1 aromatic carbocycles. The van der Waals surface area contributed by atoms with Gasteiger partial charge in [-0.2, -0.15) is 0 Å². The molecule has 0 spiro atoms. The number of benzene rings is 1. The Hall–Kier alpha value is -1.01. The lowest BCUT2D eigenvalue weighted by atomic mass is 10.0. The van der Waals surface area contributed by atoms with Crippen LogP contribution in [-0.2, 0) is 0 Å². The van der Waals surface area contributed by atoms with Crippen LogP contribution >= 0.6 is 11.6 Å². The van der Waals surface area contributed by atoms with Crippen LogP contribution in [0.3, 0.4) is 0 Å². The second-order valence-electron chi connectivity index (χ2n) is 3.34. The lowest BCUT2D eigenvalue weighted by molar-refractivity contribution is 0.502. The first-order valence-corrected chi connectivity index (χ1v) is 5.31. The maximum Gasteiger partial charge on any atom is 0.0475 e. The molecule has 0 radical (unpaired) electrons. The first kappa shape index (κ1) is 12.1. The molecule has 0 saturated heterocycles. The normalized spacial score (nSPS) is 12.1. The molecular weight excluding hydrogens is 208 g/mol. The topological polar surface area (TPSA) is 38.0 Å². The van der Waals surface area contributed by atoms with Gasteiger partial charge in [-0.05, 0) is 24.5 Å². The van der Waals surface area contributed by atoms with E-state index in [0.29, 0.717) is 0 Å². The molecule has 3 heteroatoms. The summed E-state index contributed by atoms with van der Waals surface area (Å²) in [5.41, 5.74) is 3.79. The quantitative estimate of drug-likeness (QED) is 0.348. The number of nitrogens with two attached hydrogens (primary N) is 1. The summed E-state index contributed by atoms with van der Waals surface area (Å²) < 4.78 is 0. The van der Waals surface area contributed by atoms with Crippen molar-refractivity contribution in [2.75, 3.05) is 0 Å². The van der Waals surface area contributed by atoms with Gasteiger partial charge < -0.3 is 0 Å². The van der Waals surface area contributed by atoms with Crippen LogP contribution in [0, 0.1) is 12.3 Å². The Bertz CT molecular complexity index is 344. The second kappa shape index (κ2) is 6.47. The fourth-order valence-corrected chi connectivity index (χ4v) is 1.76. The molecule has 0 bridgehead atoms. The number of terminal acetylenes is 1. The molecule has 1 rings (SSSR count). The predicted molar refractivity (Wildman–Crippen MR) is 64.2 cm³/mol. The maximum absolute atomic E-state index is 6.07. The second-order valence-corrected chi connectivity index (χ2v) is 3.74. The number of hydrogen-bond acceptors (Lipinski definition) is 2. The van der Waals surface area contributed by atoms with Gasteiger partial charge in [0.2, 0.25) is 0 Å². The summed E-state index contributed by atoms with van der Waals surface area (Å²) in [5, 5.41) is 0.737. The standard InChI is InChI=1S/C12H15ClN2/c1-2-3-4-9-12(15-14)10-7-5-6-8-11(10)13/h1,5-8,12,15H,3-4,9,14H2. The van der Waals surface area contributed by atoms with Gasteiger partial charge in [0.15, 0.2) is 0 Å². The van der Waals surface area contributed by atoms with E-state index in [1.54, 1.807) is 0 Å². The molecule has 1 aromatic rings. The third kappa shape index (κ3) is 3.56. The van der Waals surface area contributed by atoms with E-state index in [4.69, 9.17) is 23.9 Å². The Labute approximate surface area is 95.8 Å². The van der Waals surface area contributed by atoms with Crippen molar-refractivity contribution in [2.45, 2.75) is 25.3 Å². The van der Waals surface area contributed by atoms with Crippen molar-refractivity contribution < 1.29 is 0 Å². The number of hydrazine groups is 1. The molecule has 0 amide bonds. The van der Waals surface area contributed by atoms with Gasteiger partial charge in [0.05, 0.1) is 0 Å². The van der Waals surface area contributed by atoms with Crippen molar-refractivity contribution in [3.8, 4) is 12.3 Å². The number of nitrogens with one attached hydrogen (secondary N) is 1. The summed E-state index contributed by atoms with van der Waals surface area (Å²) in [7, 11) is 0. The van der Waals surface area contributed by atoms with Crippen LogP contribution in [0.5, 0.6) is 0 Å². The Morgan fingerprint density at radius 2 is 2.20 bits per heavy atom. The summed E-state index contributed by atoms with van der Waals surface area (Å²) in [6, 6.07) is 7.77. The Kier molecular flexibility index (Phi) is 5.20. The van der Waals surface area contributed by atoms with E-state index in [0.717, 1.165) is 29.8 Å². The smallest absolute Gasteiger partial charge is 0.0475 e. The third-order valence-corrected chi connectivity index (χ3v) is 2.64. The van der Waals surface area contributed by atoms with Crippen molar-refractivity contribution in [3.63, 3.8) is 0 Å². The minimum absolute atomic E-state index is 0.0760. The molecule has 0 heterocycles. The Morgan fingerprint density at radius 3 is 2.80 bits per heavy atom. The molecule has 0 aromatic heterocycles. The van der Waals surface area contributed by atoms with E-state index in [2.05, 4.69) is 11.3 Å². The van der Waals surface area contributed by atoms with E-state index in [9.17, 15) is 0 Å². The van der Waals surface area contributed by atoms with Crippen LogP contribution in [-0.4, -0.2) is 0 Å². The van der Waals surface area contributed by atoms with Gasteiger partial charge >= 0.3 is 0 Å². The number of unbranched alkanes of at least 4 members (excludes halogenated alkanes) is 1. The highest BCUT2D eigenvalue weighted by Gasteiger charge is 2.11. The largest absolute Gasteiger partial charge is 0.271 e. The Morgan fingerprint density at radius 1 is 1.47 bits per heavy atom. The monoisotopic (exact) mass is 222 g/mol. The van der Waals surface area contributed by atoms with Gasteiger partial charge in [0, 0.05) is 17.5 Å². The highest BCUT2D eigenvalue weighted by Crippen LogP contribution is 2.25. The van der Waals surface area contributed by atoms with Gasteiger partial charge in [-0.15, -0.1) is 12.3 Å². The summed E-state index contributed by atoms with van der Waals surface area (Å²) in [6.45, 7) is 0. The van der Waals surface area contributed by atoms with Crippen molar-refractivity contribution in [3.05, 3.63) is 34.9 Å². The van der Waals surface area contributed by atoms with Crippen LogP contribution in [0.25, 0.3) is 0 Å². The first-order chi connectivity index (χ1) is 7.29. The number of hydrogen-bond donors (Lipinski definition) is 2. The van der Waals surface area contributed by atoms with E-state index >= 15 is 0 Å². The van der Waals surface area contributed by atoms with Gasteiger partial charge in [-0.1, -0.05) is 29.8 Å². The molecule has 1 unspecified atom stereocenters. The van der Waals surface area contributed by atoms with Crippen molar-refractivity contribution in [1.29, 1.82) is 0 Å². The molecular formula is C12H15ClN2. The first-order valence-electron chi connectivity index (χ1n) is 4.93. The van der Waals surface area contributed by atoms with Crippen molar-refractivity contribution in [2.24, 2.45) is 5.84 Å². The molecule has 0 aliphatic rings. The fraction of sp³-hybridized carbons (Fsp3) is 0.333. The SMILES string of the molecule is C#CCCCC(NN)c1ccccc1Cl. The molecule has 1 atom stereocenters. The number of halogens is 1. The summed E-state index contributed by atoms with van der Waals surface area (Å²) in [5.74, 6) is 8.11. The van der Waals surface area contributed by atoms with Gasteiger partial charge in [0.25, 0.3) is 0 Å². The van der Waals surface area contributed by atoms with Crippen LogP contribution in [0.2, 0.25) is 5.02 Å². The molecule has 0 aliphatic carbocycles. The summed E-state index contributed by atoms with van der Waals surface area (Å²) >= 11 is 6.07. The molecule has 3 N–H and O–H groups in total. The highest BCUT2D eigenvalue weighted by molar-refractivity contribution is 6.31. The van der Waals surface area contributed by atoms with E-state index < -0.39 is 0 Å². The van der Waals surface area contributed by atoms with Crippen molar-refractivity contribution >= 4 is 11.6 Å². The Balaban J connectivity index is 2.66. The van der Waals surface area contributed by atoms with Crippen LogP contribution in [0.4, 0.5) is 0 Å². The average molecular weight is 223 g/mol. The van der Waals surface area contributed by atoms with Crippen LogP contribution < -0.4 is 11.3 Å². The summed E-state index contributed by atoms with van der Waals surface area (Å²) in [4.78, 5) is 0. The fourth-order valence-electron chi connectivity index (χ4n) is 1.49. The molecule has 0 saturated carbocycles. The van der Waals surface area contributed by atoms with E-state index in [1.807, 2.05) is 24.3 Å². The lowest BCUT2D eigenvalue weighted by Crippen LogP contribution is -2.28. The van der Waals surface area contributed by atoms with E-state index in [1.165, 1.54) is 0 Å². The van der Waals surface area contributed by atoms with Crippen LogP contribution in [0.15, 0.2) is 24.3 Å². The highest BCUT2D eigenvalue weighted by atomic mass is 35.5. The zero-order chi connectivity index (χ0) is 11.1. The van der Waals surface area contributed by atoms with Gasteiger partial charge in [-0.25, -0.2) is 0 Å². The van der Waals surface area contributed by atoms with Crippen LogP contribution in [0.1, 0.15) is 30.9 Å². The van der Waals surface area contributed by atoms with Gasteiger partial charge in [0.1, 0.15) is 0 Å². The molecule has 0 fully saturated rings. The molecule has 15 heavy (non-hydrogen) atoms. The minimum Gasteiger partial charge on any atom is -0.271 e. The summed E-state index contributed by atoms with van der Waals surface area (Å²) in [6.07, 6.45) is 7.80. The number of rotatable bonds is 5. The average Bonchev–Trinajstić information content (AvgIpc) is 2.26. The van der Waals surface area contributed by atoms with E-state index in [-0.39, 0.29) is 6.04 Å². The lowest BCUT2D eigenvalue weighted by Gasteiger charge is -2.16. The molecule has 80 valence electrons. The minimum atomic E-state index is 0.0760. The predicted octanol–water partition coefficient (Wildman–Crippen LogP) is 2.65. The maximum atomic E-state index is 6.07. The third-order valence-electron chi connectivity index (χ3n) is 2.30. The molecule has 2 nitrogen and oxygen atoms in total.